The zero-order valence-corrected chi connectivity index (χ0v) is 18.7. The van der Waals surface area contributed by atoms with Crippen LogP contribution >= 0.6 is 0 Å². The number of carbonyl (C=O) groups is 1. The van der Waals surface area contributed by atoms with Crippen molar-refractivity contribution < 1.29 is 26.4 Å². The number of rotatable bonds is 6. The molecule has 1 N–H and O–H groups in total. The number of hydrogen-bond acceptors (Lipinski definition) is 4. The average molecular weight is 462 g/mol. The fourth-order valence-electron chi connectivity index (χ4n) is 4.23. The number of hydrogen-bond donors (Lipinski definition) is 1. The molecule has 1 unspecified atom stereocenters. The Balaban J connectivity index is 1.52. The number of piperidine rings is 1. The van der Waals surface area contributed by atoms with Crippen LogP contribution in [0.5, 0.6) is 0 Å². The van der Waals surface area contributed by atoms with Crippen LogP contribution in [0.1, 0.15) is 38.7 Å². The zero-order valence-electron chi connectivity index (χ0n) is 17.9. The Morgan fingerprint density at radius 2 is 1.84 bits per heavy atom. The van der Waals surface area contributed by atoms with Gasteiger partial charge in [0.25, 0.3) is 0 Å². The minimum atomic E-state index is -4.61. The van der Waals surface area contributed by atoms with E-state index in [9.17, 15) is 26.4 Å². The highest BCUT2D eigenvalue weighted by molar-refractivity contribution is 7.89. The SMILES string of the molecule is CC(C)N1CCC(CNC(=O)C2CCN(S(=O)(=O)c3cccc(C(F)(F)F)c3)CC2)C1. The number of carbonyl (C=O) groups excluding carboxylic acids is 1. The topological polar surface area (TPSA) is 69.7 Å². The minimum Gasteiger partial charge on any atom is -0.356 e. The third-order valence-corrected chi connectivity index (χ3v) is 8.13. The maximum absolute atomic E-state index is 12.9. The van der Waals surface area contributed by atoms with E-state index in [-0.39, 0.29) is 29.8 Å². The van der Waals surface area contributed by atoms with Crippen molar-refractivity contribution in [3.05, 3.63) is 29.8 Å². The molecule has 0 radical (unpaired) electrons. The quantitative estimate of drug-likeness (QED) is 0.707. The van der Waals surface area contributed by atoms with Crippen molar-refractivity contribution in [2.24, 2.45) is 11.8 Å². The molecule has 0 bridgehead atoms. The molecule has 1 aromatic carbocycles. The summed E-state index contributed by atoms with van der Waals surface area (Å²) in [5.41, 5.74) is -0.995. The molecule has 174 valence electrons. The molecule has 31 heavy (non-hydrogen) atoms. The number of halogens is 3. The van der Waals surface area contributed by atoms with Crippen molar-refractivity contribution in [1.29, 1.82) is 0 Å². The normalized spacial score (nSPS) is 22.2. The van der Waals surface area contributed by atoms with Crippen molar-refractivity contribution in [3.8, 4) is 0 Å². The number of nitrogens with one attached hydrogen (secondary N) is 1. The Kier molecular flexibility index (Phi) is 7.32. The molecule has 0 aromatic heterocycles. The summed E-state index contributed by atoms with van der Waals surface area (Å²) in [6.45, 7) is 7.15. The molecule has 0 aliphatic carbocycles. The van der Waals surface area contributed by atoms with Crippen LogP contribution in [0.3, 0.4) is 0 Å². The van der Waals surface area contributed by atoms with E-state index in [1.165, 1.54) is 10.4 Å². The smallest absolute Gasteiger partial charge is 0.356 e. The van der Waals surface area contributed by atoms with E-state index >= 15 is 0 Å². The van der Waals surface area contributed by atoms with Gasteiger partial charge in [0.15, 0.2) is 0 Å². The highest BCUT2D eigenvalue weighted by Gasteiger charge is 2.35. The fraction of sp³-hybridized carbons (Fsp3) is 0.667. The third kappa shape index (κ3) is 5.78. The van der Waals surface area contributed by atoms with Crippen LogP contribution in [0.2, 0.25) is 0 Å². The van der Waals surface area contributed by atoms with Gasteiger partial charge < -0.3 is 10.2 Å². The van der Waals surface area contributed by atoms with Gasteiger partial charge in [-0.1, -0.05) is 6.07 Å². The van der Waals surface area contributed by atoms with E-state index in [1.54, 1.807) is 0 Å². The molecule has 1 amide bonds. The molecule has 2 fully saturated rings. The molecule has 2 aliphatic heterocycles. The lowest BCUT2D eigenvalue weighted by Crippen LogP contribution is -2.44. The number of amides is 1. The van der Waals surface area contributed by atoms with Crippen molar-refractivity contribution in [1.82, 2.24) is 14.5 Å². The second kappa shape index (κ2) is 9.46. The van der Waals surface area contributed by atoms with Crippen LogP contribution in [0.15, 0.2) is 29.2 Å². The molecule has 1 aromatic rings. The van der Waals surface area contributed by atoms with Gasteiger partial charge in [-0.05, 0) is 63.8 Å². The van der Waals surface area contributed by atoms with Gasteiger partial charge >= 0.3 is 6.18 Å². The summed E-state index contributed by atoms with van der Waals surface area (Å²) < 4.78 is 65.5. The Morgan fingerprint density at radius 3 is 2.42 bits per heavy atom. The molecule has 2 aliphatic rings. The van der Waals surface area contributed by atoms with Gasteiger partial charge in [0.2, 0.25) is 15.9 Å². The van der Waals surface area contributed by atoms with Crippen molar-refractivity contribution >= 4 is 15.9 Å². The predicted octanol–water partition coefficient (Wildman–Crippen LogP) is 2.95. The van der Waals surface area contributed by atoms with Gasteiger partial charge in [0.05, 0.1) is 10.5 Å². The monoisotopic (exact) mass is 461 g/mol. The van der Waals surface area contributed by atoms with Gasteiger partial charge in [-0.25, -0.2) is 8.42 Å². The van der Waals surface area contributed by atoms with Gasteiger partial charge in [0, 0.05) is 38.1 Å². The number of sulfonamides is 1. The number of likely N-dealkylation sites (tertiary alicyclic amines) is 1. The summed E-state index contributed by atoms with van der Waals surface area (Å²) in [4.78, 5) is 14.5. The van der Waals surface area contributed by atoms with Crippen LogP contribution < -0.4 is 5.32 Å². The van der Waals surface area contributed by atoms with E-state index in [4.69, 9.17) is 0 Å². The van der Waals surface area contributed by atoms with Gasteiger partial charge in [0.1, 0.15) is 0 Å². The summed E-state index contributed by atoms with van der Waals surface area (Å²) in [6, 6.07) is 4.27. The molecular weight excluding hydrogens is 431 g/mol. The van der Waals surface area contributed by atoms with Crippen molar-refractivity contribution in [2.45, 2.75) is 50.2 Å². The predicted molar refractivity (Wildman–Crippen MR) is 111 cm³/mol. The Hall–Kier alpha value is -1.65. The van der Waals surface area contributed by atoms with Crippen molar-refractivity contribution in [2.75, 3.05) is 32.7 Å². The summed E-state index contributed by atoms with van der Waals surface area (Å²) >= 11 is 0. The molecule has 10 heteroatoms. The Bertz CT molecular complexity index is 881. The summed E-state index contributed by atoms with van der Waals surface area (Å²) in [6.07, 6.45) is -2.85. The first-order chi connectivity index (χ1) is 14.5. The molecule has 2 heterocycles. The van der Waals surface area contributed by atoms with E-state index < -0.39 is 21.8 Å². The molecule has 3 rings (SSSR count). The van der Waals surface area contributed by atoms with Crippen LogP contribution in [0.25, 0.3) is 0 Å². The van der Waals surface area contributed by atoms with Gasteiger partial charge in [-0.3, -0.25) is 4.79 Å². The highest BCUT2D eigenvalue weighted by Crippen LogP contribution is 2.32. The van der Waals surface area contributed by atoms with Crippen LogP contribution in [-0.4, -0.2) is 62.3 Å². The minimum absolute atomic E-state index is 0.0703. The Labute approximate surface area is 181 Å². The first kappa shape index (κ1) is 24.0. The first-order valence-corrected chi connectivity index (χ1v) is 12.1. The molecule has 6 nitrogen and oxygen atoms in total. The van der Waals surface area contributed by atoms with E-state index in [0.29, 0.717) is 37.4 Å². The number of alkyl halides is 3. The van der Waals surface area contributed by atoms with E-state index in [1.807, 2.05) is 0 Å². The second-order valence-corrected chi connectivity index (χ2v) is 10.6. The first-order valence-electron chi connectivity index (χ1n) is 10.7. The number of benzene rings is 1. The zero-order chi connectivity index (χ0) is 22.8. The standard InChI is InChI=1S/C21H30F3N3O3S/c1-15(2)26-9-6-16(14-26)13-25-20(28)17-7-10-27(11-8-17)31(29,30)19-5-3-4-18(12-19)21(22,23)24/h3-5,12,15-17H,6-11,13-14H2,1-2H3,(H,25,28). The lowest BCUT2D eigenvalue weighted by molar-refractivity contribution is -0.137. The van der Waals surface area contributed by atoms with Crippen molar-refractivity contribution in [3.63, 3.8) is 0 Å². The largest absolute Gasteiger partial charge is 0.416 e. The molecule has 0 spiro atoms. The molecule has 1 atom stereocenters. The van der Waals surface area contributed by atoms with Gasteiger partial charge in [-0.2, -0.15) is 17.5 Å². The summed E-state index contributed by atoms with van der Waals surface area (Å²) in [5, 5.41) is 3.00. The Morgan fingerprint density at radius 1 is 1.16 bits per heavy atom. The lowest BCUT2D eigenvalue weighted by Gasteiger charge is -2.31. The highest BCUT2D eigenvalue weighted by atomic mass is 32.2. The maximum atomic E-state index is 12.9. The second-order valence-electron chi connectivity index (χ2n) is 8.69. The van der Waals surface area contributed by atoms with Gasteiger partial charge in [-0.15, -0.1) is 0 Å². The molecular formula is C21H30F3N3O3S. The van der Waals surface area contributed by atoms with Crippen LogP contribution in [-0.2, 0) is 21.0 Å². The third-order valence-electron chi connectivity index (χ3n) is 6.24. The molecule has 2 saturated heterocycles. The average Bonchev–Trinajstić information content (AvgIpc) is 3.21. The van der Waals surface area contributed by atoms with E-state index in [0.717, 1.165) is 31.6 Å². The maximum Gasteiger partial charge on any atom is 0.416 e. The summed E-state index contributed by atoms with van der Waals surface area (Å²) in [7, 11) is -4.04. The summed E-state index contributed by atoms with van der Waals surface area (Å²) in [5.74, 6) is 0.0717. The fourth-order valence-corrected chi connectivity index (χ4v) is 5.74. The number of nitrogens with zero attached hydrogens (tertiary/aromatic N) is 2. The lowest BCUT2D eigenvalue weighted by atomic mass is 9.97. The van der Waals surface area contributed by atoms with Crippen LogP contribution in [0, 0.1) is 11.8 Å². The van der Waals surface area contributed by atoms with E-state index in [2.05, 4.69) is 24.1 Å². The van der Waals surface area contributed by atoms with Crippen LogP contribution in [0.4, 0.5) is 13.2 Å². The molecule has 0 saturated carbocycles.